The number of rotatable bonds is 8. The van der Waals surface area contributed by atoms with E-state index < -0.39 is 30.5 Å². The molecule has 2 saturated heterocycles. The van der Waals surface area contributed by atoms with Crippen molar-refractivity contribution in [2.75, 3.05) is 13.7 Å². The van der Waals surface area contributed by atoms with Crippen LogP contribution in [0.15, 0.2) is 90.0 Å². The van der Waals surface area contributed by atoms with Crippen molar-refractivity contribution in [1.82, 2.24) is 0 Å². The lowest BCUT2D eigenvalue weighted by molar-refractivity contribution is -0.312. The van der Waals surface area contributed by atoms with Gasteiger partial charge in [0.2, 0.25) is 0 Å². The van der Waals surface area contributed by atoms with E-state index in [0.717, 1.165) is 22.3 Å². The van der Waals surface area contributed by atoms with Crippen LogP contribution in [-0.4, -0.2) is 51.4 Å². The Morgan fingerprint density at radius 3 is 2.39 bits per heavy atom. The summed E-state index contributed by atoms with van der Waals surface area (Å²) in [5.41, 5.74) is 12.3. The van der Waals surface area contributed by atoms with Crippen molar-refractivity contribution in [3.05, 3.63) is 106 Å². The fourth-order valence-corrected chi connectivity index (χ4v) is 4.59. The Balaban J connectivity index is 1.41. The largest absolute Gasteiger partial charge is 0.497 e. The molecule has 8 nitrogen and oxygen atoms in total. The first-order valence-corrected chi connectivity index (χ1v) is 11.9. The summed E-state index contributed by atoms with van der Waals surface area (Å²) in [5.74, 6) is 0.771. The maximum atomic E-state index is 9.44. The molecule has 3 aromatic rings. The predicted molar refractivity (Wildman–Crippen MR) is 135 cm³/mol. The van der Waals surface area contributed by atoms with Gasteiger partial charge in [0.1, 0.15) is 18.0 Å². The van der Waals surface area contributed by atoms with E-state index in [1.165, 1.54) is 0 Å². The average Bonchev–Trinajstić information content (AvgIpc) is 2.94. The summed E-state index contributed by atoms with van der Waals surface area (Å²) in [5, 5.41) is 4.13. The second-order valence-corrected chi connectivity index (χ2v) is 8.71. The van der Waals surface area contributed by atoms with E-state index in [9.17, 15) is 5.53 Å². The zero-order valence-corrected chi connectivity index (χ0v) is 19.9. The van der Waals surface area contributed by atoms with Crippen molar-refractivity contribution < 1.29 is 23.7 Å². The van der Waals surface area contributed by atoms with E-state index in [4.69, 9.17) is 23.7 Å². The molecule has 0 amide bonds. The highest BCUT2D eigenvalue weighted by Crippen LogP contribution is 2.36. The Labute approximate surface area is 211 Å². The second kappa shape index (κ2) is 11.6. The molecule has 0 aromatic heterocycles. The zero-order chi connectivity index (χ0) is 24.7. The first-order valence-electron chi connectivity index (χ1n) is 11.9. The van der Waals surface area contributed by atoms with Gasteiger partial charge in [-0.05, 0) is 23.2 Å². The minimum atomic E-state index is -0.635. The van der Waals surface area contributed by atoms with Crippen LogP contribution < -0.4 is 10.2 Å². The number of hydrogen-bond donors (Lipinski definition) is 0. The van der Waals surface area contributed by atoms with E-state index in [2.05, 4.69) is 10.0 Å². The SMILES string of the molecule is COc1ccc(CO[C@H]2C(N=[N+]=[N-])[C@H]([B]c3ccccc3)OC3COC(c4ccccc4)O[C@@H]32)cc1. The minimum absolute atomic E-state index is 0.313. The van der Waals surface area contributed by atoms with Crippen molar-refractivity contribution in [2.45, 2.75) is 43.3 Å². The molecule has 3 unspecified atom stereocenters. The Hall–Kier alpha value is -3.33. The van der Waals surface area contributed by atoms with E-state index >= 15 is 0 Å². The van der Waals surface area contributed by atoms with Gasteiger partial charge in [-0.3, -0.25) is 0 Å². The van der Waals surface area contributed by atoms with Gasteiger partial charge in [0.25, 0.3) is 0 Å². The summed E-state index contributed by atoms with van der Waals surface area (Å²) in [6, 6.07) is 26.1. The molecular formula is C27H27BN3O5. The average molecular weight is 484 g/mol. The molecule has 0 saturated carbocycles. The van der Waals surface area contributed by atoms with Gasteiger partial charge in [-0.25, -0.2) is 0 Å². The summed E-state index contributed by atoms with van der Waals surface area (Å²) in [4.78, 5) is 3.14. The van der Waals surface area contributed by atoms with Gasteiger partial charge in [0, 0.05) is 16.5 Å². The summed E-state index contributed by atoms with van der Waals surface area (Å²) < 4.78 is 30.5. The predicted octanol–water partition coefficient (Wildman–Crippen LogP) is 4.13. The van der Waals surface area contributed by atoms with E-state index in [1.54, 1.807) is 7.11 Å². The third kappa shape index (κ3) is 5.56. The summed E-state index contributed by atoms with van der Waals surface area (Å²) >= 11 is 0. The number of hydrogen-bond acceptors (Lipinski definition) is 6. The lowest BCUT2D eigenvalue weighted by Crippen LogP contribution is -2.63. The van der Waals surface area contributed by atoms with Crippen LogP contribution in [0.4, 0.5) is 0 Å². The zero-order valence-electron chi connectivity index (χ0n) is 19.9. The summed E-state index contributed by atoms with van der Waals surface area (Å²) in [6.45, 7) is 0.641. The molecule has 183 valence electrons. The normalized spacial score (nSPS) is 27.4. The van der Waals surface area contributed by atoms with Gasteiger partial charge in [-0.2, -0.15) is 0 Å². The number of fused-ring (bicyclic) bond motifs is 1. The molecule has 2 heterocycles. The molecule has 0 bridgehead atoms. The lowest BCUT2D eigenvalue weighted by Gasteiger charge is -2.48. The quantitative estimate of drug-likeness (QED) is 0.207. The standard InChI is InChI=1S/C27H27BN3O5/c1-32-21-14-12-18(13-15-21)16-33-25-23(30-31-29)26(28-20-10-6-3-7-11-20)35-22-17-34-27(36-24(22)25)19-8-4-2-5-9-19/h2-15,22-27H,16-17H2,1H3/t22?,23?,24-,25-,26+,27?/m0/s1. The molecule has 0 N–H and O–H groups in total. The highest BCUT2D eigenvalue weighted by atomic mass is 16.7. The maximum Gasteiger partial charge on any atom is 0.190 e. The Morgan fingerprint density at radius 1 is 0.972 bits per heavy atom. The third-order valence-electron chi connectivity index (χ3n) is 6.40. The van der Waals surface area contributed by atoms with Gasteiger partial charge in [0.05, 0.1) is 32.5 Å². The maximum absolute atomic E-state index is 9.44. The number of benzene rings is 3. The molecule has 9 heteroatoms. The Bertz CT molecular complexity index is 1160. The first kappa shape index (κ1) is 24.4. The van der Waals surface area contributed by atoms with Crippen LogP contribution in [0.25, 0.3) is 10.4 Å². The highest BCUT2D eigenvalue weighted by molar-refractivity contribution is 6.55. The van der Waals surface area contributed by atoms with Crippen LogP contribution in [0.1, 0.15) is 17.4 Å². The van der Waals surface area contributed by atoms with Crippen LogP contribution in [0.5, 0.6) is 5.75 Å². The number of azide groups is 1. The molecule has 1 radical (unpaired) electrons. The van der Waals surface area contributed by atoms with Gasteiger partial charge in [-0.1, -0.05) is 83.4 Å². The molecule has 2 fully saturated rings. The molecule has 3 aromatic carbocycles. The smallest absolute Gasteiger partial charge is 0.190 e. The molecule has 0 aliphatic carbocycles. The van der Waals surface area contributed by atoms with Gasteiger partial charge >= 0.3 is 0 Å². The lowest BCUT2D eigenvalue weighted by atomic mass is 9.60. The van der Waals surface area contributed by atoms with Gasteiger partial charge in [-0.15, -0.1) is 0 Å². The highest BCUT2D eigenvalue weighted by Gasteiger charge is 2.50. The molecule has 2 aliphatic heterocycles. The van der Waals surface area contributed by atoms with Crippen LogP contribution in [0.3, 0.4) is 0 Å². The second-order valence-electron chi connectivity index (χ2n) is 8.71. The van der Waals surface area contributed by atoms with Crippen molar-refractivity contribution >= 4 is 12.7 Å². The van der Waals surface area contributed by atoms with E-state index in [-0.39, 0.29) is 6.10 Å². The Kier molecular flexibility index (Phi) is 7.86. The number of ether oxygens (including phenoxy) is 5. The van der Waals surface area contributed by atoms with Crippen molar-refractivity contribution in [2.24, 2.45) is 5.11 Å². The van der Waals surface area contributed by atoms with Gasteiger partial charge in [0.15, 0.2) is 13.6 Å². The fraction of sp³-hybridized carbons (Fsp3) is 0.333. The van der Waals surface area contributed by atoms with Crippen LogP contribution in [0, 0.1) is 0 Å². The number of methoxy groups -OCH3 is 1. The van der Waals surface area contributed by atoms with Crippen LogP contribution in [0.2, 0.25) is 0 Å². The monoisotopic (exact) mass is 484 g/mol. The van der Waals surface area contributed by atoms with Crippen molar-refractivity contribution in [1.29, 1.82) is 0 Å². The fourth-order valence-electron chi connectivity index (χ4n) is 4.59. The molecule has 2 aliphatic rings. The van der Waals surface area contributed by atoms with E-state index in [0.29, 0.717) is 13.2 Å². The van der Waals surface area contributed by atoms with Crippen LogP contribution >= 0.6 is 0 Å². The number of nitrogens with zero attached hydrogens (tertiary/aromatic N) is 3. The molecule has 0 spiro atoms. The molecule has 5 rings (SSSR count). The van der Waals surface area contributed by atoms with Crippen molar-refractivity contribution in [3.8, 4) is 5.75 Å². The van der Waals surface area contributed by atoms with Crippen molar-refractivity contribution in [3.63, 3.8) is 0 Å². The summed E-state index contributed by atoms with van der Waals surface area (Å²) in [6.07, 6.45) is -2.00. The minimum Gasteiger partial charge on any atom is -0.497 e. The molecule has 36 heavy (non-hydrogen) atoms. The van der Waals surface area contributed by atoms with Gasteiger partial charge < -0.3 is 23.7 Å². The molecule has 6 atom stereocenters. The van der Waals surface area contributed by atoms with E-state index in [1.807, 2.05) is 92.2 Å². The molecular weight excluding hydrogens is 457 g/mol. The third-order valence-corrected chi connectivity index (χ3v) is 6.40. The Morgan fingerprint density at radius 2 is 1.69 bits per heavy atom. The first-order chi connectivity index (χ1) is 17.7. The van der Waals surface area contributed by atoms with Crippen LogP contribution in [-0.2, 0) is 25.6 Å². The summed E-state index contributed by atoms with van der Waals surface area (Å²) in [7, 11) is 3.59. The topological polar surface area (TPSA) is 94.9 Å².